The highest BCUT2D eigenvalue weighted by Gasteiger charge is 2.25. The lowest BCUT2D eigenvalue weighted by molar-refractivity contribution is -0.115. The molecule has 2 aliphatic rings. The number of amides is 2. The lowest BCUT2D eigenvalue weighted by atomic mass is 10.0. The van der Waals surface area contributed by atoms with Crippen LogP contribution in [0.3, 0.4) is 0 Å². The highest BCUT2D eigenvalue weighted by Crippen LogP contribution is 2.35. The van der Waals surface area contributed by atoms with Gasteiger partial charge in [-0.2, -0.15) is 0 Å². The van der Waals surface area contributed by atoms with Crippen LogP contribution in [0.2, 0.25) is 0 Å². The monoisotopic (exact) mass is 484 g/mol. The first-order valence-corrected chi connectivity index (χ1v) is 12.8. The molecule has 1 saturated heterocycles. The van der Waals surface area contributed by atoms with Crippen LogP contribution >= 0.6 is 11.8 Å². The van der Waals surface area contributed by atoms with E-state index >= 15 is 0 Å². The number of unbranched alkanes of at least 4 members (excludes halogenated alkanes) is 1. The van der Waals surface area contributed by atoms with E-state index in [1.165, 1.54) is 11.1 Å². The normalized spacial score (nSPS) is 16.5. The molecular formula is C28H28N4O2S. The molecule has 3 aromatic rings. The van der Waals surface area contributed by atoms with Gasteiger partial charge in [-0.1, -0.05) is 65.7 Å². The van der Waals surface area contributed by atoms with Gasteiger partial charge in [0.1, 0.15) is 0 Å². The molecule has 7 heteroatoms. The van der Waals surface area contributed by atoms with E-state index in [0.29, 0.717) is 4.91 Å². The second kappa shape index (κ2) is 10.0. The van der Waals surface area contributed by atoms with Crippen LogP contribution < -0.4 is 10.2 Å². The summed E-state index contributed by atoms with van der Waals surface area (Å²) in [5, 5.41) is 2.01. The van der Waals surface area contributed by atoms with Gasteiger partial charge in [-0.05, 0) is 51.3 Å². The highest BCUT2D eigenvalue weighted by atomic mass is 32.2. The minimum absolute atomic E-state index is 0.291. The number of hydrogen-bond acceptors (Lipinski definition) is 6. The number of carbonyl (C=O) groups excluding carboxylic acids is 2. The number of aromatic nitrogens is 2. The molecule has 178 valence electrons. The number of benzene rings is 2. The van der Waals surface area contributed by atoms with E-state index in [0.717, 1.165) is 84.6 Å². The molecule has 0 saturated carbocycles. The zero-order valence-corrected chi connectivity index (χ0v) is 20.8. The molecule has 1 aromatic heterocycles. The van der Waals surface area contributed by atoms with Crippen molar-refractivity contribution in [1.29, 1.82) is 0 Å². The summed E-state index contributed by atoms with van der Waals surface area (Å²) < 4.78 is 0. The van der Waals surface area contributed by atoms with Gasteiger partial charge < -0.3 is 4.90 Å². The summed E-state index contributed by atoms with van der Waals surface area (Å²) in [6.45, 7) is 5.93. The van der Waals surface area contributed by atoms with Crippen molar-refractivity contribution in [1.82, 2.24) is 15.3 Å². The number of allylic oxidation sites excluding steroid dienone is 1. The van der Waals surface area contributed by atoms with Gasteiger partial charge in [-0.3, -0.25) is 14.9 Å². The van der Waals surface area contributed by atoms with E-state index in [1.807, 2.05) is 6.08 Å². The van der Waals surface area contributed by atoms with Crippen molar-refractivity contribution in [3.8, 4) is 22.5 Å². The zero-order chi connectivity index (χ0) is 24.4. The molecule has 0 unspecified atom stereocenters. The molecule has 0 atom stereocenters. The number of anilines is 1. The van der Waals surface area contributed by atoms with Gasteiger partial charge in [0.25, 0.3) is 11.1 Å². The molecule has 2 aliphatic heterocycles. The van der Waals surface area contributed by atoms with E-state index in [9.17, 15) is 9.59 Å². The zero-order valence-electron chi connectivity index (χ0n) is 20.0. The summed E-state index contributed by atoms with van der Waals surface area (Å²) in [6.07, 6.45) is 5.40. The fourth-order valence-corrected chi connectivity index (χ4v) is 5.13. The maximum absolute atomic E-state index is 11.8. The minimum atomic E-state index is -0.297. The Labute approximate surface area is 209 Å². The van der Waals surface area contributed by atoms with E-state index in [-0.39, 0.29) is 11.1 Å². The fourth-order valence-electron chi connectivity index (χ4n) is 4.44. The number of carbonyl (C=O) groups is 2. The number of hydrogen-bond donors (Lipinski definition) is 1. The Morgan fingerprint density at radius 3 is 2.17 bits per heavy atom. The van der Waals surface area contributed by atoms with E-state index < -0.39 is 0 Å². The van der Waals surface area contributed by atoms with Gasteiger partial charge >= 0.3 is 0 Å². The molecule has 1 N–H and O–H groups in total. The van der Waals surface area contributed by atoms with Crippen LogP contribution in [0, 0.1) is 13.8 Å². The van der Waals surface area contributed by atoms with E-state index in [1.54, 1.807) is 0 Å². The summed E-state index contributed by atoms with van der Waals surface area (Å²) in [5.74, 6) is 0.666. The first-order chi connectivity index (χ1) is 17.0. The first kappa shape index (κ1) is 23.3. The molecule has 0 spiro atoms. The van der Waals surface area contributed by atoms with Crippen LogP contribution in [0.25, 0.3) is 22.5 Å². The third-order valence-electron chi connectivity index (χ3n) is 6.34. The number of aryl methyl sites for hydroxylation is 3. The smallest absolute Gasteiger partial charge is 0.290 e. The standard InChI is InChI=1S/C28H28N4O2S/c1-18-8-12-20(13-9-18)24-25(21-14-10-19(2)11-15-21)30-26-22(29-24)6-5-17-32(26)16-4-3-7-23-27(33)31-28(34)35-23/h7-15H,3-6,16-17H2,1-2H3,(H,31,33,34)/b23-7-. The molecule has 5 rings (SSSR count). The molecule has 0 aliphatic carbocycles. The topological polar surface area (TPSA) is 75.2 Å². The average Bonchev–Trinajstić information content (AvgIpc) is 3.18. The van der Waals surface area contributed by atoms with Crippen LogP contribution in [0.4, 0.5) is 10.6 Å². The lowest BCUT2D eigenvalue weighted by Crippen LogP contribution is -2.32. The third kappa shape index (κ3) is 5.15. The van der Waals surface area contributed by atoms with Crippen LogP contribution in [0.1, 0.15) is 36.1 Å². The van der Waals surface area contributed by atoms with Gasteiger partial charge in [-0.25, -0.2) is 9.97 Å². The molecule has 3 heterocycles. The maximum Gasteiger partial charge on any atom is 0.290 e. The number of fused-ring (bicyclic) bond motifs is 1. The number of nitrogens with one attached hydrogen (secondary N) is 1. The number of nitrogens with zero attached hydrogens (tertiary/aromatic N) is 3. The van der Waals surface area contributed by atoms with Crippen molar-refractivity contribution in [2.75, 3.05) is 18.0 Å². The molecule has 0 bridgehead atoms. The largest absolute Gasteiger partial charge is 0.355 e. The van der Waals surface area contributed by atoms with Crippen molar-refractivity contribution >= 4 is 28.7 Å². The summed E-state index contributed by atoms with van der Waals surface area (Å²) >= 11 is 0.975. The van der Waals surface area contributed by atoms with Crippen LogP contribution in [0.5, 0.6) is 0 Å². The minimum Gasteiger partial charge on any atom is -0.355 e. The van der Waals surface area contributed by atoms with Crippen molar-refractivity contribution in [3.05, 3.63) is 76.3 Å². The molecule has 1 fully saturated rings. The molecule has 6 nitrogen and oxygen atoms in total. The second-order valence-corrected chi connectivity index (χ2v) is 10.1. The Bertz CT molecular complexity index is 1300. The highest BCUT2D eigenvalue weighted by molar-refractivity contribution is 8.18. The SMILES string of the molecule is Cc1ccc(-c2nc3c(nc2-c2ccc(C)cc2)N(CCC/C=C2\SC(=O)NC2=O)CCC3)cc1. The lowest BCUT2D eigenvalue weighted by Gasteiger charge is -2.30. The van der Waals surface area contributed by atoms with Gasteiger partial charge in [0.05, 0.1) is 22.0 Å². The molecule has 2 amide bonds. The van der Waals surface area contributed by atoms with Crippen molar-refractivity contribution in [2.45, 2.75) is 39.5 Å². The summed E-state index contributed by atoms with van der Waals surface area (Å²) in [4.78, 5) is 36.3. The van der Waals surface area contributed by atoms with E-state index in [4.69, 9.17) is 9.97 Å². The predicted octanol–water partition coefficient (Wildman–Crippen LogP) is 5.83. The Kier molecular flexibility index (Phi) is 6.68. The predicted molar refractivity (Wildman–Crippen MR) is 141 cm³/mol. The van der Waals surface area contributed by atoms with Gasteiger partial charge in [-0.15, -0.1) is 0 Å². The van der Waals surface area contributed by atoms with Crippen molar-refractivity contribution in [2.24, 2.45) is 0 Å². The van der Waals surface area contributed by atoms with Crippen LogP contribution in [0.15, 0.2) is 59.5 Å². The number of imide groups is 1. The van der Waals surface area contributed by atoms with Crippen LogP contribution in [-0.4, -0.2) is 34.2 Å². The van der Waals surface area contributed by atoms with Gasteiger partial charge in [0.15, 0.2) is 5.82 Å². The van der Waals surface area contributed by atoms with Gasteiger partial charge in [0.2, 0.25) is 0 Å². The van der Waals surface area contributed by atoms with Crippen molar-refractivity contribution in [3.63, 3.8) is 0 Å². The fraction of sp³-hybridized carbons (Fsp3) is 0.286. The summed E-state index contributed by atoms with van der Waals surface area (Å²) in [5.41, 5.74) is 7.43. The molecular weight excluding hydrogens is 456 g/mol. The molecule has 2 aromatic carbocycles. The third-order valence-corrected chi connectivity index (χ3v) is 7.20. The summed E-state index contributed by atoms with van der Waals surface area (Å²) in [6, 6.07) is 17.0. The maximum atomic E-state index is 11.8. The van der Waals surface area contributed by atoms with E-state index in [2.05, 4.69) is 72.6 Å². The van der Waals surface area contributed by atoms with Crippen LogP contribution in [-0.2, 0) is 11.2 Å². The molecule has 35 heavy (non-hydrogen) atoms. The van der Waals surface area contributed by atoms with Gasteiger partial charge in [0, 0.05) is 24.2 Å². The Hall–Kier alpha value is -3.45. The summed E-state index contributed by atoms with van der Waals surface area (Å²) in [7, 11) is 0. The number of rotatable bonds is 6. The first-order valence-electron chi connectivity index (χ1n) is 12.0. The quantitative estimate of drug-likeness (QED) is 0.351. The Morgan fingerprint density at radius 2 is 1.57 bits per heavy atom. The Morgan fingerprint density at radius 1 is 0.943 bits per heavy atom. The Balaban J connectivity index is 1.44. The average molecular weight is 485 g/mol. The van der Waals surface area contributed by atoms with Crippen molar-refractivity contribution < 1.29 is 9.59 Å². The number of thioether (sulfide) groups is 1. The second-order valence-electron chi connectivity index (χ2n) is 9.07. The molecule has 0 radical (unpaired) electrons.